The lowest BCUT2D eigenvalue weighted by Crippen LogP contribution is -2.49. The summed E-state index contributed by atoms with van der Waals surface area (Å²) in [5, 5.41) is 1.39. The van der Waals surface area contributed by atoms with Crippen LogP contribution in [0, 0.1) is 5.92 Å². The van der Waals surface area contributed by atoms with Crippen LogP contribution in [0.3, 0.4) is 0 Å². The van der Waals surface area contributed by atoms with Crippen LogP contribution in [0.25, 0.3) is 0 Å². The Labute approximate surface area is 260 Å². The van der Waals surface area contributed by atoms with Crippen LogP contribution in [0.5, 0.6) is 0 Å². The van der Waals surface area contributed by atoms with Gasteiger partial charge in [0.1, 0.15) is 11.0 Å². The molecule has 1 atom stereocenters. The first-order chi connectivity index (χ1) is 20.3. The van der Waals surface area contributed by atoms with Crippen molar-refractivity contribution < 1.29 is 19.2 Å². The average Bonchev–Trinajstić information content (AvgIpc) is 3.40. The van der Waals surface area contributed by atoms with Crippen molar-refractivity contribution in [2.75, 3.05) is 26.2 Å². The van der Waals surface area contributed by atoms with Crippen molar-refractivity contribution in [3.05, 3.63) is 71.8 Å². The van der Waals surface area contributed by atoms with Gasteiger partial charge in [0.25, 0.3) is 0 Å². The molecular weight excluding hydrogens is 538 g/mol. The first kappa shape index (κ1) is 34.6. The molecule has 0 radical (unpaired) electrons. The molecule has 7 heteroatoms. The molecule has 2 aromatic carbocycles. The Morgan fingerprint density at radius 1 is 0.791 bits per heavy atom. The maximum absolute atomic E-state index is 13.3. The Morgan fingerprint density at radius 2 is 1.30 bits per heavy atom. The lowest BCUT2D eigenvalue weighted by Gasteiger charge is -2.37. The van der Waals surface area contributed by atoms with Gasteiger partial charge in [-0.15, -0.1) is 0 Å². The molecule has 7 nitrogen and oxygen atoms in total. The van der Waals surface area contributed by atoms with Crippen molar-refractivity contribution in [1.82, 2.24) is 9.96 Å². The highest BCUT2D eigenvalue weighted by Gasteiger charge is 2.49. The highest BCUT2D eigenvalue weighted by molar-refractivity contribution is 5.91. The van der Waals surface area contributed by atoms with E-state index < -0.39 is 22.7 Å². The second kappa shape index (κ2) is 15.7. The van der Waals surface area contributed by atoms with Crippen molar-refractivity contribution >= 4 is 12.0 Å². The maximum Gasteiger partial charge on any atom is 0.434 e. The summed E-state index contributed by atoms with van der Waals surface area (Å²) in [6.07, 6.45) is 8.32. The number of primary amides is 1. The van der Waals surface area contributed by atoms with Gasteiger partial charge < -0.3 is 15.4 Å². The van der Waals surface area contributed by atoms with Crippen LogP contribution >= 0.6 is 0 Å². The second-order valence-corrected chi connectivity index (χ2v) is 14.0. The van der Waals surface area contributed by atoms with Gasteiger partial charge in [-0.3, -0.25) is 9.63 Å². The predicted octanol–water partition coefficient (Wildman–Crippen LogP) is 7.48. The van der Waals surface area contributed by atoms with Crippen molar-refractivity contribution in [2.24, 2.45) is 11.7 Å². The number of nitrogens with two attached hydrogens (primary N) is 1. The van der Waals surface area contributed by atoms with Crippen LogP contribution in [0.4, 0.5) is 4.79 Å². The van der Waals surface area contributed by atoms with Crippen molar-refractivity contribution in [1.29, 1.82) is 0 Å². The molecular formula is C36H55N3O4. The average molecular weight is 594 g/mol. The first-order valence-corrected chi connectivity index (χ1v) is 16.2. The molecule has 0 aromatic heterocycles. The van der Waals surface area contributed by atoms with E-state index in [2.05, 4.69) is 4.90 Å². The molecule has 2 amide bonds. The normalized spacial score (nSPS) is 16.3. The molecule has 1 fully saturated rings. The molecule has 0 aliphatic carbocycles. The molecule has 2 aromatic rings. The molecule has 43 heavy (non-hydrogen) atoms. The van der Waals surface area contributed by atoms with Crippen LogP contribution in [0.15, 0.2) is 60.7 Å². The fraction of sp³-hybridized carbons (Fsp3) is 0.611. The van der Waals surface area contributed by atoms with E-state index >= 15 is 0 Å². The van der Waals surface area contributed by atoms with Crippen LogP contribution in [0.1, 0.15) is 104 Å². The molecule has 0 unspecified atom stereocenters. The van der Waals surface area contributed by atoms with Gasteiger partial charge in [0.05, 0.1) is 12.1 Å². The Hall–Kier alpha value is -2.90. The number of nitrogens with zero attached hydrogens (tertiary/aromatic N) is 2. The number of amides is 2. The van der Waals surface area contributed by atoms with Crippen molar-refractivity contribution in [3.63, 3.8) is 0 Å². The molecule has 3 rings (SSSR count). The van der Waals surface area contributed by atoms with Crippen molar-refractivity contribution in [2.45, 2.75) is 110 Å². The molecule has 238 valence electrons. The van der Waals surface area contributed by atoms with E-state index in [4.69, 9.17) is 15.3 Å². The van der Waals surface area contributed by atoms with Gasteiger partial charge in [-0.1, -0.05) is 92.8 Å². The second-order valence-electron chi connectivity index (χ2n) is 14.0. The quantitative estimate of drug-likeness (QED) is 0.171. The highest BCUT2D eigenvalue weighted by atomic mass is 16.7. The summed E-state index contributed by atoms with van der Waals surface area (Å²) < 4.78 is 5.53. The fourth-order valence-corrected chi connectivity index (χ4v) is 6.21. The molecule has 0 saturated carbocycles. The van der Waals surface area contributed by atoms with Gasteiger partial charge in [0.15, 0.2) is 0 Å². The minimum atomic E-state index is -0.825. The van der Waals surface area contributed by atoms with Gasteiger partial charge in [-0.05, 0) is 90.9 Å². The number of unbranched alkanes of at least 4 members (excludes halogenated alkanes) is 6. The minimum absolute atomic E-state index is 0.136. The lowest BCUT2D eigenvalue weighted by atomic mass is 9.64. The molecule has 1 aliphatic rings. The summed E-state index contributed by atoms with van der Waals surface area (Å²) >= 11 is 0. The molecule has 2 N–H and O–H groups in total. The topological polar surface area (TPSA) is 85.1 Å². The lowest BCUT2D eigenvalue weighted by molar-refractivity contribution is -0.211. The highest BCUT2D eigenvalue weighted by Crippen LogP contribution is 2.43. The number of carbonyl (C=O) groups is 2. The standard InChI is InChI=1S/C36H55N3O4/c1-34(2,3)42-33(41)39(43-35(4,5)6)26-19-11-9-7-8-10-18-25-38-27-24-31(28-38)36(32(37)40,29-20-14-12-15-21-29)30-22-16-13-17-23-30/h12-17,20-23,31H,7-11,18-19,24-28H2,1-6H3,(H2,37,40)/t31-/m1/s1. The number of ether oxygens (including phenoxy) is 1. The van der Waals surface area contributed by atoms with Crippen molar-refractivity contribution in [3.8, 4) is 0 Å². The van der Waals surface area contributed by atoms with Gasteiger partial charge in [0, 0.05) is 6.54 Å². The zero-order valence-electron chi connectivity index (χ0n) is 27.4. The number of hydroxylamine groups is 2. The van der Waals surface area contributed by atoms with Gasteiger partial charge >= 0.3 is 6.09 Å². The summed E-state index contributed by atoms with van der Waals surface area (Å²) in [6.45, 7) is 14.9. The Balaban J connectivity index is 1.41. The number of rotatable bonds is 15. The summed E-state index contributed by atoms with van der Waals surface area (Å²) in [7, 11) is 0. The number of hydrogen-bond donors (Lipinski definition) is 1. The smallest absolute Gasteiger partial charge is 0.434 e. The van der Waals surface area contributed by atoms with E-state index in [1.54, 1.807) is 0 Å². The number of likely N-dealkylation sites (tertiary alicyclic amines) is 1. The zero-order chi connectivity index (χ0) is 31.5. The summed E-state index contributed by atoms with van der Waals surface area (Å²) in [5.74, 6) is -0.131. The fourth-order valence-electron chi connectivity index (χ4n) is 6.21. The third-order valence-corrected chi connectivity index (χ3v) is 8.05. The molecule has 1 aliphatic heterocycles. The van der Waals surface area contributed by atoms with Crippen LogP contribution < -0.4 is 5.73 Å². The Bertz CT molecular complexity index is 1090. The molecule has 0 spiro atoms. The SMILES string of the molecule is CC(C)(C)OC(=O)N(CCCCCCCCCN1CC[C@@H](C(C(N)=O)(c2ccccc2)c2ccccc2)C1)OC(C)(C)C. The van der Waals surface area contributed by atoms with E-state index in [1.807, 2.05) is 102 Å². The van der Waals surface area contributed by atoms with E-state index in [9.17, 15) is 9.59 Å². The van der Waals surface area contributed by atoms with E-state index in [0.717, 1.165) is 62.9 Å². The molecule has 0 bridgehead atoms. The first-order valence-electron chi connectivity index (χ1n) is 16.2. The largest absolute Gasteiger partial charge is 0.442 e. The van der Waals surface area contributed by atoms with E-state index in [1.165, 1.54) is 24.3 Å². The van der Waals surface area contributed by atoms with Crippen LogP contribution in [0.2, 0.25) is 0 Å². The minimum Gasteiger partial charge on any atom is -0.442 e. The number of carbonyl (C=O) groups excluding carboxylic acids is 2. The Morgan fingerprint density at radius 3 is 1.79 bits per heavy atom. The van der Waals surface area contributed by atoms with Gasteiger partial charge in [-0.25, -0.2) is 4.79 Å². The van der Waals surface area contributed by atoms with Crippen LogP contribution in [-0.4, -0.2) is 59.3 Å². The van der Waals surface area contributed by atoms with E-state index in [0.29, 0.717) is 6.54 Å². The number of benzene rings is 2. The summed E-state index contributed by atoms with van der Waals surface area (Å²) in [6, 6.07) is 20.2. The zero-order valence-corrected chi connectivity index (χ0v) is 27.4. The molecule has 1 saturated heterocycles. The summed E-state index contributed by atoms with van der Waals surface area (Å²) in [5.41, 5.74) is 6.37. The van der Waals surface area contributed by atoms with Crippen LogP contribution in [-0.2, 0) is 19.8 Å². The predicted molar refractivity (Wildman–Crippen MR) is 174 cm³/mol. The maximum atomic E-state index is 13.3. The monoisotopic (exact) mass is 593 g/mol. The van der Waals surface area contributed by atoms with Gasteiger partial charge in [-0.2, -0.15) is 5.06 Å². The third-order valence-electron chi connectivity index (χ3n) is 8.05. The Kier molecular flexibility index (Phi) is 12.6. The van der Waals surface area contributed by atoms with Gasteiger partial charge in [0.2, 0.25) is 5.91 Å². The van der Waals surface area contributed by atoms with E-state index in [-0.39, 0.29) is 11.8 Å². The third kappa shape index (κ3) is 10.4. The number of hydrogen-bond acceptors (Lipinski definition) is 5. The summed E-state index contributed by atoms with van der Waals surface area (Å²) in [4.78, 5) is 34.3. The molecule has 1 heterocycles.